The molecule has 0 aliphatic rings. The largest absolute Gasteiger partial charge is 0.529 e. The molecule has 0 heterocycles. The van der Waals surface area contributed by atoms with Gasteiger partial charge in [0.25, 0.3) is 0 Å². The molecule has 0 aliphatic carbocycles. The molecule has 0 rings (SSSR count). The second-order valence-corrected chi connectivity index (χ2v) is 9.67. The van der Waals surface area contributed by atoms with E-state index in [1.54, 1.807) is 0 Å². The van der Waals surface area contributed by atoms with E-state index < -0.39 is 8.80 Å². The standard InChI is InChI=1S/C18H38O3Si/c1-8-9-10-11-12-22(19-13-16(2)3,20-14-17(4)5)21-15-18(6)7/h11-12,16-18H,8-10,13-15H2,1-7H3/b12-11+. The predicted octanol–water partition coefficient (Wildman–Crippen LogP) is 5.23. The van der Waals surface area contributed by atoms with Gasteiger partial charge in [-0.15, -0.1) is 0 Å². The van der Waals surface area contributed by atoms with Gasteiger partial charge in [-0.05, 0) is 29.9 Å². The molecule has 0 bridgehead atoms. The lowest BCUT2D eigenvalue weighted by atomic mass is 10.2. The highest BCUT2D eigenvalue weighted by Crippen LogP contribution is 2.17. The van der Waals surface area contributed by atoms with Gasteiger partial charge in [0.15, 0.2) is 0 Å². The fraction of sp³-hybridized carbons (Fsp3) is 0.889. The first-order valence-electron chi connectivity index (χ1n) is 8.90. The van der Waals surface area contributed by atoms with Crippen LogP contribution in [0.25, 0.3) is 0 Å². The summed E-state index contributed by atoms with van der Waals surface area (Å²) in [5, 5.41) is 0. The van der Waals surface area contributed by atoms with Crippen LogP contribution in [0.2, 0.25) is 0 Å². The Bertz CT molecular complexity index is 257. The molecule has 0 aromatic rings. The molecule has 3 nitrogen and oxygen atoms in total. The van der Waals surface area contributed by atoms with Crippen LogP contribution in [-0.2, 0) is 13.3 Å². The van der Waals surface area contributed by atoms with Crippen molar-refractivity contribution < 1.29 is 13.3 Å². The minimum absolute atomic E-state index is 0.473. The zero-order valence-corrected chi connectivity index (χ0v) is 16.9. The van der Waals surface area contributed by atoms with Crippen molar-refractivity contribution in [1.29, 1.82) is 0 Å². The van der Waals surface area contributed by atoms with Gasteiger partial charge in [0.05, 0.1) is 0 Å². The SMILES string of the molecule is CCCC/C=C/[Si](OCC(C)C)(OCC(C)C)OCC(C)C. The highest BCUT2D eigenvalue weighted by molar-refractivity contribution is 6.66. The molecular formula is C18H38O3Si. The van der Waals surface area contributed by atoms with Gasteiger partial charge in [-0.1, -0.05) is 67.4 Å². The van der Waals surface area contributed by atoms with Crippen molar-refractivity contribution in [2.45, 2.75) is 67.7 Å². The Labute approximate surface area is 139 Å². The molecule has 0 fully saturated rings. The van der Waals surface area contributed by atoms with Crippen molar-refractivity contribution in [2.24, 2.45) is 17.8 Å². The van der Waals surface area contributed by atoms with Crippen LogP contribution in [0.3, 0.4) is 0 Å². The number of allylic oxidation sites excluding steroid dienone is 1. The minimum Gasteiger partial charge on any atom is -0.370 e. The molecule has 0 aromatic heterocycles. The quantitative estimate of drug-likeness (QED) is 0.342. The number of hydrogen-bond donors (Lipinski definition) is 0. The summed E-state index contributed by atoms with van der Waals surface area (Å²) < 4.78 is 18.5. The van der Waals surface area contributed by atoms with Gasteiger partial charge in [-0.2, -0.15) is 0 Å². The van der Waals surface area contributed by atoms with Gasteiger partial charge < -0.3 is 13.3 Å². The second-order valence-electron chi connectivity index (χ2n) is 7.26. The fourth-order valence-electron chi connectivity index (χ4n) is 1.67. The van der Waals surface area contributed by atoms with Gasteiger partial charge >= 0.3 is 8.80 Å². The number of unbranched alkanes of at least 4 members (excludes halogenated alkanes) is 2. The molecule has 0 saturated heterocycles. The van der Waals surface area contributed by atoms with Crippen molar-refractivity contribution in [3.63, 3.8) is 0 Å². The maximum atomic E-state index is 6.18. The summed E-state index contributed by atoms with van der Waals surface area (Å²) in [6.45, 7) is 17.2. The molecule has 0 saturated carbocycles. The topological polar surface area (TPSA) is 27.7 Å². The van der Waals surface area contributed by atoms with Crippen LogP contribution < -0.4 is 0 Å². The molecule has 4 heteroatoms. The van der Waals surface area contributed by atoms with Gasteiger partial charge in [-0.25, -0.2) is 0 Å². The Hall–Kier alpha value is -0.163. The van der Waals surface area contributed by atoms with Gasteiger partial charge in [0.2, 0.25) is 0 Å². The Morgan fingerprint density at radius 2 is 1.18 bits per heavy atom. The molecule has 0 aliphatic heterocycles. The number of rotatable bonds is 13. The van der Waals surface area contributed by atoms with Gasteiger partial charge in [0.1, 0.15) is 0 Å². The van der Waals surface area contributed by atoms with E-state index in [0.717, 1.165) is 6.42 Å². The lowest BCUT2D eigenvalue weighted by Crippen LogP contribution is -2.46. The third-order valence-electron chi connectivity index (χ3n) is 2.90. The van der Waals surface area contributed by atoms with E-state index in [0.29, 0.717) is 37.6 Å². The predicted molar refractivity (Wildman–Crippen MR) is 96.8 cm³/mol. The van der Waals surface area contributed by atoms with Crippen molar-refractivity contribution in [2.75, 3.05) is 19.8 Å². The molecule has 0 spiro atoms. The smallest absolute Gasteiger partial charge is 0.370 e. The summed E-state index contributed by atoms with van der Waals surface area (Å²) in [4.78, 5) is 0. The molecule has 0 unspecified atom stereocenters. The van der Waals surface area contributed by atoms with Crippen molar-refractivity contribution >= 4 is 8.80 Å². The molecule has 22 heavy (non-hydrogen) atoms. The Morgan fingerprint density at radius 1 is 0.773 bits per heavy atom. The molecule has 0 atom stereocenters. The average Bonchev–Trinajstić information content (AvgIpc) is 2.44. The molecule has 0 N–H and O–H groups in total. The van der Waals surface area contributed by atoms with Crippen LogP contribution in [0.15, 0.2) is 11.8 Å². The molecule has 132 valence electrons. The summed E-state index contributed by atoms with van der Waals surface area (Å²) in [7, 11) is -2.71. The molecule has 0 radical (unpaired) electrons. The third kappa shape index (κ3) is 11.4. The maximum Gasteiger partial charge on any atom is 0.529 e. The highest BCUT2D eigenvalue weighted by Gasteiger charge is 2.39. The van der Waals surface area contributed by atoms with E-state index in [4.69, 9.17) is 13.3 Å². The summed E-state index contributed by atoms with van der Waals surface area (Å²) in [6, 6.07) is 0. The summed E-state index contributed by atoms with van der Waals surface area (Å²) in [5.41, 5.74) is 2.11. The van der Waals surface area contributed by atoms with E-state index in [-0.39, 0.29) is 0 Å². The van der Waals surface area contributed by atoms with Gasteiger partial charge in [-0.3, -0.25) is 0 Å². The van der Waals surface area contributed by atoms with Crippen LogP contribution in [0.1, 0.15) is 67.7 Å². The third-order valence-corrected chi connectivity index (χ3v) is 5.25. The van der Waals surface area contributed by atoms with Crippen LogP contribution in [0, 0.1) is 17.8 Å². The van der Waals surface area contributed by atoms with Crippen LogP contribution in [0.4, 0.5) is 0 Å². The van der Waals surface area contributed by atoms with Crippen molar-refractivity contribution in [3.8, 4) is 0 Å². The second kappa shape index (κ2) is 12.3. The first-order chi connectivity index (χ1) is 10.3. The minimum atomic E-state index is -2.71. The first kappa shape index (κ1) is 21.8. The average molecular weight is 331 g/mol. The van der Waals surface area contributed by atoms with E-state index in [1.165, 1.54) is 12.8 Å². The Balaban J connectivity index is 4.95. The van der Waals surface area contributed by atoms with E-state index in [2.05, 4.69) is 60.2 Å². The van der Waals surface area contributed by atoms with Crippen LogP contribution in [0.5, 0.6) is 0 Å². The first-order valence-corrected chi connectivity index (χ1v) is 10.7. The van der Waals surface area contributed by atoms with E-state index in [1.807, 2.05) is 0 Å². The summed E-state index contributed by atoms with van der Waals surface area (Å²) >= 11 is 0. The molecule has 0 aromatic carbocycles. The van der Waals surface area contributed by atoms with Crippen molar-refractivity contribution in [3.05, 3.63) is 11.8 Å². The molecule has 0 amide bonds. The highest BCUT2D eigenvalue weighted by atomic mass is 28.4. The lowest BCUT2D eigenvalue weighted by molar-refractivity contribution is 0.0479. The Kier molecular flexibility index (Phi) is 12.2. The van der Waals surface area contributed by atoms with E-state index in [9.17, 15) is 0 Å². The van der Waals surface area contributed by atoms with Crippen LogP contribution in [-0.4, -0.2) is 28.6 Å². The fourth-order valence-corrected chi connectivity index (χ4v) is 4.36. The maximum absolute atomic E-state index is 6.18. The lowest BCUT2D eigenvalue weighted by Gasteiger charge is -2.29. The Morgan fingerprint density at radius 3 is 1.50 bits per heavy atom. The zero-order chi connectivity index (χ0) is 17.0. The van der Waals surface area contributed by atoms with Crippen LogP contribution >= 0.6 is 0 Å². The molecular weight excluding hydrogens is 292 g/mol. The van der Waals surface area contributed by atoms with Crippen molar-refractivity contribution in [1.82, 2.24) is 0 Å². The number of hydrogen-bond acceptors (Lipinski definition) is 3. The summed E-state index contributed by atoms with van der Waals surface area (Å²) in [6.07, 6.45) is 5.65. The van der Waals surface area contributed by atoms with E-state index >= 15 is 0 Å². The van der Waals surface area contributed by atoms with Gasteiger partial charge in [0, 0.05) is 19.8 Å². The monoisotopic (exact) mass is 330 g/mol. The summed E-state index contributed by atoms with van der Waals surface area (Å²) in [5.74, 6) is 1.42. The normalized spacial score (nSPS) is 13.2. The zero-order valence-electron chi connectivity index (χ0n) is 15.9.